The molecule has 0 spiro atoms. The molecule has 3 aromatic rings. The van der Waals surface area contributed by atoms with Gasteiger partial charge in [-0.05, 0) is 35.7 Å². The van der Waals surface area contributed by atoms with Crippen molar-refractivity contribution in [3.05, 3.63) is 72.1 Å². The van der Waals surface area contributed by atoms with Gasteiger partial charge in [0.05, 0.1) is 13.3 Å². The van der Waals surface area contributed by atoms with E-state index >= 15 is 0 Å². The van der Waals surface area contributed by atoms with Crippen LogP contribution in [0.4, 0.5) is 0 Å². The van der Waals surface area contributed by atoms with Crippen molar-refractivity contribution in [2.45, 2.75) is 12.5 Å². The number of aromatic nitrogens is 2. The van der Waals surface area contributed by atoms with Crippen molar-refractivity contribution in [2.75, 3.05) is 7.11 Å². The fourth-order valence-corrected chi connectivity index (χ4v) is 2.65. The summed E-state index contributed by atoms with van der Waals surface area (Å²) in [7, 11) is 1.54. The highest BCUT2D eigenvalue weighted by Gasteiger charge is 2.14. The molecule has 0 unspecified atom stereocenters. The fraction of sp³-hybridized carbons (Fsp3) is 0.150. The van der Waals surface area contributed by atoms with E-state index in [1.54, 1.807) is 43.8 Å². The second-order valence-electron chi connectivity index (χ2n) is 6.06. The molecule has 2 aromatic carbocycles. The number of rotatable bonds is 6. The Kier molecular flexibility index (Phi) is 5.33. The average molecular weight is 365 g/mol. The van der Waals surface area contributed by atoms with E-state index in [4.69, 9.17) is 15.6 Å². The predicted octanol–water partition coefficient (Wildman–Crippen LogP) is 2.20. The molecular weight excluding hydrogens is 346 g/mol. The minimum absolute atomic E-state index is 0.253. The summed E-state index contributed by atoms with van der Waals surface area (Å²) in [5.74, 6) is -0.691. The number of nitrogens with two attached hydrogens (primary N) is 1. The summed E-state index contributed by atoms with van der Waals surface area (Å²) in [5.41, 5.74) is 8.50. The van der Waals surface area contributed by atoms with Crippen molar-refractivity contribution in [1.82, 2.24) is 9.78 Å². The van der Waals surface area contributed by atoms with Crippen LogP contribution in [0.5, 0.6) is 5.75 Å². The lowest BCUT2D eigenvalue weighted by Gasteiger charge is -2.07. The molecule has 0 aliphatic rings. The highest BCUT2D eigenvalue weighted by Crippen LogP contribution is 2.21. The molecule has 0 radical (unpaired) electrons. The van der Waals surface area contributed by atoms with Gasteiger partial charge in [0.2, 0.25) is 0 Å². The van der Waals surface area contributed by atoms with Crippen molar-refractivity contribution >= 4 is 11.9 Å². The van der Waals surface area contributed by atoms with Crippen molar-refractivity contribution in [1.29, 1.82) is 0 Å². The van der Waals surface area contributed by atoms with Crippen LogP contribution in [0.25, 0.3) is 11.1 Å². The van der Waals surface area contributed by atoms with Crippen LogP contribution < -0.4 is 10.5 Å². The SMILES string of the molecule is COc1cccc(C(=O)n2cc(-c3ccc(C[C@H](N)C(=O)O)cc3)cn2)c1. The number of nitrogens with zero attached hydrogens (tertiary/aromatic N) is 2. The van der Waals surface area contributed by atoms with Crippen molar-refractivity contribution in [3.8, 4) is 16.9 Å². The molecular formula is C20H19N3O4. The van der Waals surface area contributed by atoms with Gasteiger partial charge in [-0.15, -0.1) is 0 Å². The van der Waals surface area contributed by atoms with Gasteiger partial charge in [-0.3, -0.25) is 9.59 Å². The number of carboxylic acids is 1. The van der Waals surface area contributed by atoms with Gasteiger partial charge in [0, 0.05) is 17.3 Å². The van der Waals surface area contributed by atoms with E-state index in [1.807, 2.05) is 24.3 Å². The van der Waals surface area contributed by atoms with Crippen molar-refractivity contribution < 1.29 is 19.4 Å². The lowest BCUT2D eigenvalue weighted by Crippen LogP contribution is -2.32. The number of hydrogen-bond donors (Lipinski definition) is 2. The quantitative estimate of drug-likeness (QED) is 0.693. The number of methoxy groups -OCH3 is 1. The van der Waals surface area contributed by atoms with E-state index in [9.17, 15) is 9.59 Å². The number of ether oxygens (including phenoxy) is 1. The second kappa shape index (κ2) is 7.84. The third kappa shape index (κ3) is 4.21. The third-order valence-electron chi connectivity index (χ3n) is 4.17. The summed E-state index contributed by atoms with van der Waals surface area (Å²) in [5, 5.41) is 13.0. The van der Waals surface area contributed by atoms with Crippen molar-refractivity contribution in [2.24, 2.45) is 5.73 Å². The standard InChI is InChI=1S/C20H19N3O4/c1-27-17-4-2-3-15(10-17)19(24)23-12-16(11-22-23)14-7-5-13(6-8-14)9-18(21)20(25)26/h2-8,10-12,18H,9,21H2,1H3,(H,25,26)/t18-/m0/s1. The van der Waals surface area contributed by atoms with E-state index < -0.39 is 12.0 Å². The normalized spacial score (nSPS) is 11.8. The summed E-state index contributed by atoms with van der Waals surface area (Å²) in [6.45, 7) is 0. The molecule has 1 heterocycles. The topological polar surface area (TPSA) is 107 Å². The first-order chi connectivity index (χ1) is 13.0. The molecule has 7 nitrogen and oxygen atoms in total. The van der Waals surface area contributed by atoms with E-state index in [-0.39, 0.29) is 12.3 Å². The summed E-state index contributed by atoms with van der Waals surface area (Å²) >= 11 is 0. The van der Waals surface area contributed by atoms with Crippen LogP contribution in [0, 0.1) is 0 Å². The molecule has 0 fully saturated rings. The zero-order valence-corrected chi connectivity index (χ0v) is 14.7. The van der Waals surface area contributed by atoms with E-state index in [2.05, 4.69) is 5.10 Å². The molecule has 1 aromatic heterocycles. The number of benzene rings is 2. The van der Waals surface area contributed by atoms with Gasteiger partial charge >= 0.3 is 5.97 Å². The van der Waals surface area contributed by atoms with E-state index in [1.165, 1.54) is 4.68 Å². The molecule has 27 heavy (non-hydrogen) atoms. The Bertz CT molecular complexity index is 963. The number of carboxylic acid groups (broad SMARTS) is 1. The number of carbonyl (C=O) groups excluding carboxylic acids is 1. The first kappa shape index (κ1) is 18.3. The van der Waals surface area contributed by atoms with Crippen LogP contribution in [0.1, 0.15) is 15.9 Å². The van der Waals surface area contributed by atoms with Crippen LogP contribution in [0.15, 0.2) is 60.9 Å². The van der Waals surface area contributed by atoms with Gasteiger partial charge in [-0.2, -0.15) is 5.10 Å². The maximum atomic E-state index is 12.6. The number of carbonyl (C=O) groups is 2. The maximum absolute atomic E-state index is 12.6. The minimum Gasteiger partial charge on any atom is -0.497 e. The van der Waals surface area contributed by atoms with Gasteiger partial charge in [-0.1, -0.05) is 30.3 Å². The molecule has 138 valence electrons. The number of aliphatic carboxylic acids is 1. The molecule has 1 atom stereocenters. The molecule has 0 amide bonds. The summed E-state index contributed by atoms with van der Waals surface area (Å²) < 4.78 is 6.42. The minimum atomic E-state index is -1.03. The second-order valence-corrected chi connectivity index (χ2v) is 6.06. The third-order valence-corrected chi connectivity index (χ3v) is 4.17. The zero-order chi connectivity index (χ0) is 19.4. The Morgan fingerprint density at radius 1 is 1.19 bits per heavy atom. The first-order valence-electron chi connectivity index (χ1n) is 8.29. The monoisotopic (exact) mass is 365 g/mol. The molecule has 7 heteroatoms. The summed E-state index contributed by atoms with van der Waals surface area (Å²) in [6, 6.07) is 13.3. The Balaban J connectivity index is 1.77. The van der Waals surface area contributed by atoms with Crippen LogP contribution >= 0.6 is 0 Å². The largest absolute Gasteiger partial charge is 0.497 e. The highest BCUT2D eigenvalue weighted by atomic mass is 16.5. The van der Waals surface area contributed by atoms with Gasteiger partial charge in [0.1, 0.15) is 11.8 Å². The predicted molar refractivity (Wildman–Crippen MR) is 99.7 cm³/mol. The molecule has 0 saturated carbocycles. The Morgan fingerprint density at radius 3 is 2.59 bits per heavy atom. The Morgan fingerprint density at radius 2 is 1.93 bits per heavy atom. The molecule has 0 aliphatic carbocycles. The molecule has 0 bridgehead atoms. The fourth-order valence-electron chi connectivity index (χ4n) is 2.65. The van der Waals surface area contributed by atoms with Gasteiger partial charge in [0.15, 0.2) is 0 Å². The Labute approximate surface area is 156 Å². The van der Waals surface area contributed by atoms with Crippen LogP contribution in [0.2, 0.25) is 0 Å². The van der Waals surface area contributed by atoms with Crippen LogP contribution in [-0.2, 0) is 11.2 Å². The molecule has 3 rings (SSSR count). The van der Waals surface area contributed by atoms with E-state index in [0.717, 1.165) is 16.7 Å². The zero-order valence-electron chi connectivity index (χ0n) is 14.7. The maximum Gasteiger partial charge on any atom is 0.320 e. The van der Waals surface area contributed by atoms with E-state index in [0.29, 0.717) is 11.3 Å². The lowest BCUT2D eigenvalue weighted by atomic mass is 10.0. The smallest absolute Gasteiger partial charge is 0.320 e. The highest BCUT2D eigenvalue weighted by molar-refractivity contribution is 5.96. The number of hydrogen-bond acceptors (Lipinski definition) is 5. The molecule has 3 N–H and O–H groups in total. The van der Waals surface area contributed by atoms with Crippen LogP contribution in [0.3, 0.4) is 0 Å². The van der Waals surface area contributed by atoms with Crippen LogP contribution in [-0.4, -0.2) is 39.9 Å². The molecule has 0 saturated heterocycles. The molecule has 0 aliphatic heterocycles. The van der Waals surface area contributed by atoms with Gasteiger partial charge in [0.25, 0.3) is 5.91 Å². The van der Waals surface area contributed by atoms with Gasteiger partial charge < -0.3 is 15.6 Å². The van der Waals surface area contributed by atoms with Gasteiger partial charge in [-0.25, -0.2) is 4.68 Å². The first-order valence-corrected chi connectivity index (χ1v) is 8.29. The summed E-state index contributed by atoms with van der Waals surface area (Å²) in [6.07, 6.45) is 3.51. The Hall–Kier alpha value is -3.45. The summed E-state index contributed by atoms with van der Waals surface area (Å²) in [4.78, 5) is 23.4. The lowest BCUT2D eigenvalue weighted by molar-refractivity contribution is -0.138. The average Bonchev–Trinajstić information content (AvgIpc) is 3.18. The van der Waals surface area contributed by atoms with Crippen molar-refractivity contribution in [3.63, 3.8) is 0 Å².